The number of rotatable bonds is 7. The van der Waals surface area contributed by atoms with E-state index in [0.29, 0.717) is 35.4 Å². The van der Waals surface area contributed by atoms with Crippen molar-refractivity contribution in [1.29, 1.82) is 0 Å². The zero-order valence-corrected chi connectivity index (χ0v) is 19.6. The molecule has 0 saturated carbocycles. The van der Waals surface area contributed by atoms with E-state index in [1.165, 1.54) is 0 Å². The lowest BCUT2D eigenvalue weighted by molar-refractivity contribution is -0.121. The van der Waals surface area contributed by atoms with Crippen LogP contribution in [-0.4, -0.2) is 48.3 Å². The van der Waals surface area contributed by atoms with Crippen LogP contribution in [0.3, 0.4) is 0 Å². The van der Waals surface area contributed by atoms with Gasteiger partial charge in [-0.25, -0.2) is 0 Å². The van der Waals surface area contributed by atoms with Gasteiger partial charge < -0.3 is 19.3 Å². The molecule has 1 aromatic heterocycles. The number of carbonyl (C=O) groups excluding carboxylic acids is 1. The molecule has 32 heavy (non-hydrogen) atoms. The number of benzene rings is 2. The Bertz CT molecular complexity index is 1060. The van der Waals surface area contributed by atoms with Gasteiger partial charge in [-0.15, -0.1) is 0 Å². The summed E-state index contributed by atoms with van der Waals surface area (Å²) in [6, 6.07) is 13.1. The molecule has 0 radical (unpaired) electrons. The van der Waals surface area contributed by atoms with Gasteiger partial charge >= 0.3 is 0 Å². The number of nitrogens with zero attached hydrogens (tertiary/aromatic N) is 3. The lowest BCUT2D eigenvalue weighted by atomic mass is 9.96. The van der Waals surface area contributed by atoms with Gasteiger partial charge in [-0.05, 0) is 62.3 Å². The zero-order valence-electron chi connectivity index (χ0n) is 18.0. The van der Waals surface area contributed by atoms with Crippen molar-refractivity contribution in [2.24, 2.45) is 5.92 Å². The van der Waals surface area contributed by atoms with Crippen LogP contribution in [0.1, 0.15) is 18.7 Å². The molecule has 1 fully saturated rings. The van der Waals surface area contributed by atoms with Gasteiger partial charge in [-0.2, -0.15) is 4.98 Å². The summed E-state index contributed by atoms with van der Waals surface area (Å²) in [6.45, 7) is 2.16. The van der Waals surface area contributed by atoms with Gasteiger partial charge in [0.2, 0.25) is 17.6 Å². The third kappa shape index (κ3) is 5.28. The van der Waals surface area contributed by atoms with Crippen LogP contribution < -0.4 is 14.8 Å². The summed E-state index contributed by atoms with van der Waals surface area (Å²) >= 11 is 3.42. The van der Waals surface area contributed by atoms with Gasteiger partial charge in [0.05, 0.1) is 20.8 Å². The second-order valence-electron chi connectivity index (χ2n) is 7.63. The molecule has 168 valence electrons. The Morgan fingerprint density at radius 3 is 2.53 bits per heavy atom. The van der Waals surface area contributed by atoms with E-state index in [1.54, 1.807) is 26.4 Å². The standard InChI is InChI=1S/C23H25BrN4O4/c1-30-19-8-7-18(13-20(19)31-2)25-23(29)16-9-11-28(12-10-16)14-21-26-22(27-32-21)15-3-5-17(24)6-4-15/h3-8,13,16H,9-12,14H2,1-2H3,(H,25,29). The average molecular weight is 501 g/mol. The first-order valence-corrected chi connectivity index (χ1v) is 11.2. The molecule has 1 amide bonds. The fourth-order valence-electron chi connectivity index (χ4n) is 3.74. The molecule has 9 heteroatoms. The van der Waals surface area contributed by atoms with Crippen LogP contribution in [0.15, 0.2) is 51.5 Å². The number of methoxy groups -OCH3 is 2. The monoisotopic (exact) mass is 500 g/mol. The summed E-state index contributed by atoms with van der Waals surface area (Å²) in [7, 11) is 3.16. The number of hydrogen-bond donors (Lipinski definition) is 1. The third-order valence-corrected chi connectivity index (χ3v) is 6.07. The van der Waals surface area contributed by atoms with Crippen molar-refractivity contribution in [3.63, 3.8) is 0 Å². The number of aromatic nitrogens is 2. The Kier molecular flexibility index (Phi) is 7.06. The number of nitrogens with one attached hydrogen (secondary N) is 1. The van der Waals surface area contributed by atoms with Crippen LogP contribution in [0.4, 0.5) is 5.69 Å². The fraction of sp³-hybridized carbons (Fsp3) is 0.348. The van der Waals surface area contributed by atoms with E-state index in [4.69, 9.17) is 14.0 Å². The van der Waals surface area contributed by atoms with Crippen molar-refractivity contribution < 1.29 is 18.8 Å². The molecule has 0 bridgehead atoms. The van der Waals surface area contributed by atoms with Crippen LogP contribution in [0, 0.1) is 5.92 Å². The largest absolute Gasteiger partial charge is 0.493 e. The van der Waals surface area contributed by atoms with Crippen LogP contribution in [-0.2, 0) is 11.3 Å². The SMILES string of the molecule is COc1ccc(NC(=O)C2CCN(Cc3nc(-c4ccc(Br)cc4)no3)CC2)cc1OC. The van der Waals surface area contributed by atoms with E-state index in [0.717, 1.165) is 36.0 Å². The summed E-state index contributed by atoms with van der Waals surface area (Å²) in [6.07, 6.45) is 1.54. The third-order valence-electron chi connectivity index (χ3n) is 5.54. The van der Waals surface area contributed by atoms with Gasteiger partial charge in [0.25, 0.3) is 0 Å². The van der Waals surface area contributed by atoms with E-state index in [-0.39, 0.29) is 11.8 Å². The normalized spacial score (nSPS) is 14.8. The predicted molar refractivity (Wildman–Crippen MR) is 124 cm³/mol. The molecule has 0 unspecified atom stereocenters. The smallest absolute Gasteiger partial charge is 0.241 e. The van der Waals surface area contributed by atoms with E-state index >= 15 is 0 Å². The number of likely N-dealkylation sites (tertiary alicyclic amines) is 1. The molecular weight excluding hydrogens is 476 g/mol. The Balaban J connectivity index is 1.29. The highest BCUT2D eigenvalue weighted by Gasteiger charge is 2.26. The molecule has 0 aliphatic carbocycles. The van der Waals surface area contributed by atoms with Crippen LogP contribution >= 0.6 is 15.9 Å². The van der Waals surface area contributed by atoms with Crippen molar-refractivity contribution in [3.8, 4) is 22.9 Å². The lowest BCUT2D eigenvalue weighted by Crippen LogP contribution is -2.37. The Hall–Kier alpha value is -2.91. The summed E-state index contributed by atoms with van der Waals surface area (Å²) < 4.78 is 17.0. The number of piperidine rings is 1. The highest BCUT2D eigenvalue weighted by molar-refractivity contribution is 9.10. The first-order valence-electron chi connectivity index (χ1n) is 10.4. The van der Waals surface area contributed by atoms with E-state index in [2.05, 4.69) is 36.3 Å². The first kappa shape index (κ1) is 22.3. The Labute approximate surface area is 195 Å². The van der Waals surface area contributed by atoms with Crippen molar-refractivity contribution in [3.05, 3.63) is 52.8 Å². The molecule has 4 rings (SSSR count). The maximum Gasteiger partial charge on any atom is 0.241 e. The Morgan fingerprint density at radius 1 is 1.12 bits per heavy atom. The molecule has 1 saturated heterocycles. The van der Waals surface area contributed by atoms with Crippen molar-refractivity contribution in [1.82, 2.24) is 15.0 Å². The summed E-state index contributed by atoms with van der Waals surface area (Å²) in [5.41, 5.74) is 1.61. The molecule has 2 heterocycles. The summed E-state index contributed by atoms with van der Waals surface area (Å²) in [5.74, 6) is 2.35. The van der Waals surface area contributed by atoms with Gasteiger partial charge in [-0.1, -0.05) is 21.1 Å². The second kappa shape index (κ2) is 10.1. The van der Waals surface area contributed by atoms with Crippen LogP contribution in [0.25, 0.3) is 11.4 Å². The maximum atomic E-state index is 12.7. The molecule has 1 aliphatic rings. The average Bonchev–Trinajstić information content (AvgIpc) is 3.28. The van der Waals surface area contributed by atoms with Crippen molar-refractivity contribution >= 4 is 27.5 Å². The van der Waals surface area contributed by atoms with E-state index in [1.807, 2.05) is 30.3 Å². The number of anilines is 1. The molecule has 1 aliphatic heterocycles. The molecule has 1 N–H and O–H groups in total. The predicted octanol–water partition coefficient (Wildman–Crippen LogP) is 4.37. The van der Waals surface area contributed by atoms with Crippen LogP contribution in [0.2, 0.25) is 0 Å². The molecule has 2 aromatic carbocycles. The number of amides is 1. The molecule has 0 spiro atoms. The molecular formula is C23H25BrN4O4. The highest BCUT2D eigenvalue weighted by Crippen LogP contribution is 2.30. The highest BCUT2D eigenvalue weighted by atomic mass is 79.9. The van der Waals surface area contributed by atoms with Crippen molar-refractivity contribution in [2.75, 3.05) is 32.6 Å². The number of carbonyl (C=O) groups is 1. The first-order chi connectivity index (χ1) is 15.6. The molecule has 8 nitrogen and oxygen atoms in total. The number of halogens is 1. The minimum atomic E-state index is -0.0413. The van der Waals surface area contributed by atoms with Gasteiger partial charge in [0.15, 0.2) is 11.5 Å². The minimum Gasteiger partial charge on any atom is -0.493 e. The fourth-order valence-corrected chi connectivity index (χ4v) is 4.00. The Morgan fingerprint density at radius 2 is 1.84 bits per heavy atom. The number of ether oxygens (including phenoxy) is 2. The van der Waals surface area contributed by atoms with Gasteiger partial charge in [0.1, 0.15) is 0 Å². The number of hydrogen-bond acceptors (Lipinski definition) is 7. The quantitative estimate of drug-likeness (QED) is 0.515. The zero-order chi connectivity index (χ0) is 22.5. The summed E-state index contributed by atoms with van der Waals surface area (Å²) in [5, 5.41) is 7.08. The molecule has 3 aromatic rings. The van der Waals surface area contributed by atoms with Crippen LogP contribution in [0.5, 0.6) is 11.5 Å². The lowest BCUT2D eigenvalue weighted by Gasteiger charge is -2.30. The second-order valence-corrected chi connectivity index (χ2v) is 8.54. The van der Waals surface area contributed by atoms with Gasteiger partial charge in [0, 0.05) is 27.7 Å². The van der Waals surface area contributed by atoms with Gasteiger partial charge in [-0.3, -0.25) is 9.69 Å². The van der Waals surface area contributed by atoms with E-state index < -0.39 is 0 Å². The topological polar surface area (TPSA) is 89.7 Å². The molecule has 0 atom stereocenters. The maximum absolute atomic E-state index is 12.7. The van der Waals surface area contributed by atoms with Crippen molar-refractivity contribution in [2.45, 2.75) is 19.4 Å². The minimum absolute atomic E-state index is 0.0205. The van der Waals surface area contributed by atoms with E-state index in [9.17, 15) is 4.79 Å². The summed E-state index contributed by atoms with van der Waals surface area (Å²) in [4.78, 5) is 19.5.